The van der Waals surface area contributed by atoms with E-state index in [2.05, 4.69) is 5.32 Å². The van der Waals surface area contributed by atoms with Crippen molar-refractivity contribution in [3.63, 3.8) is 0 Å². The molecule has 0 aliphatic carbocycles. The summed E-state index contributed by atoms with van der Waals surface area (Å²) in [6.45, 7) is 6.50. The molecule has 0 aromatic heterocycles. The first-order valence-corrected chi connectivity index (χ1v) is 5.71. The van der Waals surface area contributed by atoms with Crippen LogP contribution in [0.25, 0.3) is 0 Å². The SMILES string of the molecule is C1CCCCNCCCC1.CC. The van der Waals surface area contributed by atoms with E-state index in [1.165, 1.54) is 58.0 Å². The first-order chi connectivity index (χ1) is 6.00. The van der Waals surface area contributed by atoms with Crippen molar-refractivity contribution in [3.8, 4) is 0 Å². The van der Waals surface area contributed by atoms with Gasteiger partial charge in [0.2, 0.25) is 0 Å². The van der Waals surface area contributed by atoms with Crippen molar-refractivity contribution < 1.29 is 0 Å². The maximum absolute atomic E-state index is 3.46. The molecule has 0 spiro atoms. The third-order valence-corrected chi connectivity index (χ3v) is 2.21. The summed E-state index contributed by atoms with van der Waals surface area (Å²) in [5.41, 5.74) is 0. The van der Waals surface area contributed by atoms with Crippen LogP contribution in [0.1, 0.15) is 58.8 Å². The van der Waals surface area contributed by atoms with Gasteiger partial charge in [-0.05, 0) is 25.9 Å². The molecule has 1 heteroatoms. The van der Waals surface area contributed by atoms with Gasteiger partial charge in [-0.25, -0.2) is 0 Å². The van der Waals surface area contributed by atoms with E-state index in [0.717, 1.165) is 0 Å². The van der Waals surface area contributed by atoms with Gasteiger partial charge in [-0.3, -0.25) is 0 Å². The van der Waals surface area contributed by atoms with Gasteiger partial charge in [-0.2, -0.15) is 0 Å². The smallest absolute Gasteiger partial charge is 0.00489 e. The van der Waals surface area contributed by atoms with Crippen LogP contribution in [0.4, 0.5) is 0 Å². The second kappa shape index (κ2) is 11.0. The van der Waals surface area contributed by atoms with E-state index in [9.17, 15) is 0 Å². The van der Waals surface area contributed by atoms with Crippen molar-refractivity contribution in [1.82, 2.24) is 5.32 Å². The van der Waals surface area contributed by atoms with Gasteiger partial charge < -0.3 is 5.32 Å². The Balaban J connectivity index is 0.000000561. The lowest BCUT2D eigenvalue weighted by Gasteiger charge is -2.07. The van der Waals surface area contributed by atoms with Crippen LogP contribution in [0.5, 0.6) is 0 Å². The Morgan fingerprint density at radius 3 is 1.33 bits per heavy atom. The Morgan fingerprint density at radius 1 is 0.583 bits per heavy atom. The van der Waals surface area contributed by atoms with E-state index in [1.807, 2.05) is 13.8 Å². The molecule has 0 bridgehead atoms. The summed E-state index contributed by atoms with van der Waals surface area (Å²) in [6.07, 6.45) is 10.0. The maximum atomic E-state index is 3.46. The van der Waals surface area contributed by atoms with E-state index in [1.54, 1.807) is 0 Å². The Morgan fingerprint density at radius 2 is 0.917 bits per heavy atom. The minimum atomic E-state index is 1.25. The van der Waals surface area contributed by atoms with Crippen LogP contribution in [-0.4, -0.2) is 13.1 Å². The molecule has 1 N–H and O–H groups in total. The number of hydrogen-bond acceptors (Lipinski definition) is 1. The second-order valence-corrected chi connectivity index (χ2v) is 3.22. The average molecular weight is 171 g/mol. The van der Waals surface area contributed by atoms with Gasteiger partial charge in [-0.1, -0.05) is 46.0 Å². The van der Waals surface area contributed by atoms with Gasteiger partial charge >= 0.3 is 0 Å². The third-order valence-electron chi connectivity index (χ3n) is 2.21. The van der Waals surface area contributed by atoms with Crippen LogP contribution in [0.15, 0.2) is 0 Å². The fraction of sp³-hybridized carbons (Fsp3) is 1.00. The third kappa shape index (κ3) is 8.06. The van der Waals surface area contributed by atoms with Gasteiger partial charge in [-0.15, -0.1) is 0 Å². The topological polar surface area (TPSA) is 12.0 Å². The molecule has 1 fully saturated rings. The first kappa shape index (κ1) is 12.0. The van der Waals surface area contributed by atoms with Crippen LogP contribution in [-0.2, 0) is 0 Å². The highest BCUT2D eigenvalue weighted by molar-refractivity contribution is 4.53. The van der Waals surface area contributed by atoms with Crippen molar-refractivity contribution in [3.05, 3.63) is 0 Å². The molecule has 1 saturated heterocycles. The summed E-state index contributed by atoms with van der Waals surface area (Å²) in [5, 5.41) is 3.46. The van der Waals surface area contributed by atoms with E-state index < -0.39 is 0 Å². The van der Waals surface area contributed by atoms with Crippen LogP contribution >= 0.6 is 0 Å². The van der Waals surface area contributed by atoms with Crippen LogP contribution in [0.3, 0.4) is 0 Å². The summed E-state index contributed by atoms with van der Waals surface area (Å²) in [6, 6.07) is 0. The molecule has 1 heterocycles. The highest BCUT2D eigenvalue weighted by Gasteiger charge is 1.94. The molecule has 1 aliphatic heterocycles. The van der Waals surface area contributed by atoms with Gasteiger partial charge in [0.15, 0.2) is 0 Å². The van der Waals surface area contributed by atoms with Crippen LogP contribution < -0.4 is 5.32 Å². The van der Waals surface area contributed by atoms with Crippen molar-refractivity contribution in [2.24, 2.45) is 0 Å². The molecule has 0 unspecified atom stereocenters. The first-order valence-electron chi connectivity index (χ1n) is 5.71. The van der Waals surface area contributed by atoms with E-state index in [4.69, 9.17) is 0 Å². The van der Waals surface area contributed by atoms with Crippen molar-refractivity contribution >= 4 is 0 Å². The largest absolute Gasteiger partial charge is 0.317 e. The predicted molar refractivity (Wildman–Crippen MR) is 56.5 cm³/mol. The van der Waals surface area contributed by atoms with Crippen molar-refractivity contribution in [1.29, 1.82) is 0 Å². The van der Waals surface area contributed by atoms with Crippen LogP contribution in [0.2, 0.25) is 0 Å². The predicted octanol–water partition coefficient (Wildman–Crippen LogP) is 3.35. The highest BCUT2D eigenvalue weighted by atomic mass is 14.8. The normalized spacial score (nSPS) is 20.5. The lowest BCUT2D eigenvalue weighted by atomic mass is 10.1. The van der Waals surface area contributed by atoms with Gasteiger partial charge in [0.25, 0.3) is 0 Å². The molecular formula is C11H25N. The fourth-order valence-electron chi connectivity index (χ4n) is 1.51. The molecule has 0 amide bonds. The number of nitrogens with one attached hydrogen (secondary N) is 1. The molecule has 1 aliphatic rings. The Kier molecular flexibility index (Phi) is 10.9. The summed E-state index contributed by atoms with van der Waals surface area (Å²) >= 11 is 0. The summed E-state index contributed by atoms with van der Waals surface area (Å²) < 4.78 is 0. The summed E-state index contributed by atoms with van der Waals surface area (Å²) in [5.74, 6) is 0. The molecule has 1 nitrogen and oxygen atoms in total. The van der Waals surface area contributed by atoms with Crippen molar-refractivity contribution in [2.75, 3.05) is 13.1 Å². The number of hydrogen-bond donors (Lipinski definition) is 1. The molecule has 1 rings (SSSR count). The van der Waals surface area contributed by atoms with Crippen molar-refractivity contribution in [2.45, 2.75) is 58.8 Å². The lowest BCUT2D eigenvalue weighted by molar-refractivity contribution is 0.514. The van der Waals surface area contributed by atoms with E-state index in [-0.39, 0.29) is 0 Å². The quantitative estimate of drug-likeness (QED) is 0.589. The second-order valence-electron chi connectivity index (χ2n) is 3.22. The standard InChI is InChI=1S/C9H19N.C2H6/c1-2-4-6-8-10-9-7-5-3-1;1-2/h10H,1-9H2;1-2H3. The van der Waals surface area contributed by atoms with Gasteiger partial charge in [0.1, 0.15) is 0 Å². The average Bonchev–Trinajstić information content (AvgIpc) is 2.18. The zero-order valence-corrected chi connectivity index (χ0v) is 8.86. The molecule has 0 radical (unpaired) electrons. The van der Waals surface area contributed by atoms with Gasteiger partial charge in [0, 0.05) is 0 Å². The zero-order valence-electron chi connectivity index (χ0n) is 8.86. The van der Waals surface area contributed by atoms with Crippen LogP contribution in [0, 0.1) is 0 Å². The maximum Gasteiger partial charge on any atom is -0.00489 e. The summed E-state index contributed by atoms with van der Waals surface area (Å²) in [7, 11) is 0. The molecule has 0 atom stereocenters. The molecule has 74 valence electrons. The molecule has 0 saturated carbocycles. The Bertz CT molecular complexity index is 38.2. The van der Waals surface area contributed by atoms with Gasteiger partial charge in [0.05, 0.1) is 0 Å². The van der Waals surface area contributed by atoms with E-state index >= 15 is 0 Å². The zero-order chi connectivity index (χ0) is 9.07. The minimum absolute atomic E-state index is 1.25. The monoisotopic (exact) mass is 171 g/mol. The Labute approximate surface area is 77.9 Å². The molecule has 12 heavy (non-hydrogen) atoms. The minimum Gasteiger partial charge on any atom is -0.317 e. The number of rotatable bonds is 0. The Hall–Kier alpha value is -0.0400. The molecule has 0 aromatic carbocycles. The summed E-state index contributed by atoms with van der Waals surface area (Å²) in [4.78, 5) is 0. The highest BCUT2D eigenvalue weighted by Crippen LogP contribution is 2.07. The van der Waals surface area contributed by atoms with E-state index in [0.29, 0.717) is 0 Å². The molecule has 0 aromatic rings. The lowest BCUT2D eigenvalue weighted by Crippen LogP contribution is -2.17. The fourth-order valence-corrected chi connectivity index (χ4v) is 1.51. The molecular weight excluding hydrogens is 146 g/mol.